The molecule has 0 aliphatic carbocycles. The zero-order chi connectivity index (χ0) is 14.1. The molecule has 1 saturated heterocycles. The van der Waals surface area contributed by atoms with E-state index in [1.807, 2.05) is 12.1 Å². The van der Waals surface area contributed by atoms with Gasteiger partial charge in [0.2, 0.25) is 0 Å². The van der Waals surface area contributed by atoms with Gasteiger partial charge < -0.3 is 4.90 Å². The van der Waals surface area contributed by atoms with Crippen molar-refractivity contribution in [3.05, 3.63) is 46.0 Å². The van der Waals surface area contributed by atoms with Gasteiger partial charge in [-0.1, -0.05) is 24.3 Å². The average molecular weight is 273 g/mol. The van der Waals surface area contributed by atoms with Crippen LogP contribution in [0.4, 0.5) is 11.4 Å². The van der Waals surface area contributed by atoms with E-state index in [1.165, 1.54) is 0 Å². The van der Waals surface area contributed by atoms with Crippen molar-refractivity contribution in [3.63, 3.8) is 0 Å². The van der Waals surface area contributed by atoms with Crippen molar-refractivity contribution in [2.24, 2.45) is 0 Å². The molecule has 20 heavy (non-hydrogen) atoms. The largest absolute Gasteiger partial charge is 0.364 e. The lowest BCUT2D eigenvalue weighted by Crippen LogP contribution is -2.35. The number of nitro groups is 1. The molecule has 5 heteroatoms. The molecule has 1 aromatic carbocycles. The van der Waals surface area contributed by atoms with Crippen molar-refractivity contribution < 1.29 is 4.92 Å². The Labute approximate surface area is 118 Å². The van der Waals surface area contributed by atoms with Crippen molar-refractivity contribution in [2.45, 2.75) is 19.4 Å². The fraction of sp³-hybridized carbons (Fsp3) is 0.467. The molecule has 3 rings (SSSR count). The van der Waals surface area contributed by atoms with E-state index in [2.05, 4.69) is 22.0 Å². The summed E-state index contributed by atoms with van der Waals surface area (Å²) in [5.41, 5.74) is 1.76. The van der Waals surface area contributed by atoms with Gasteiger partial charge in [0, 0.05) is 37.8 Å². The lowest BCUT2D eigenvalue weighted by Gasteiger charge is -2.24. The fourth-order valence-electron chi connectivity index (χ4n) is 3.19. The molecule has 0 aromatic heterocycles. The summed E-state index contributed by atoms with van der Waals surface area (Å²) in [5.74, 6) is 0. The van der Waals surface area contributed by atoms with Crippen molar-refractivity contribution in [1.29, 1.82) is 0 Å². The molecule has 1 atom stereocenters. The Morgan fingerprint density at radius 3 is 2.75 bits per heavy atom. The van der Waals surface area contributed by atoms with Crippen molar-refractivity contribution in [2.75, 3.05) is 31.1 Å². The minimum Gasteiger partial charge on any atom is -0.364 e. The first-order valence-electron chi connectivity index (χ1n) is 7.05. The number of hydrogen-bond acceptors (Lipinski definition) is 4. The Balaban J connectivity index is 1.81. The molecule has 2 aliphatic rings. The molecule has 2 heterocycles. The second-order valence-electron chi connectivity index (χ2n) is 5.51. The van der Waals surface area contributed by atoms with Crippen LogP contribution in [0.3, 0.4) is 0 Å². The summed E-state index contributed by atoms with van der Waals surface area (Å²) in [6.07, 6.45) is 5.46. The van der Waals surface area contributed by atoms with Gasteiger partial charge in [0.15, 0.2) is 0 Å². The summed E-state index contributed by atoms with van der Waals surface area (Å²) in [7, 11) is 0. The molecule has 2 aliphatic heterocycles. The molecule has 0 saturated carbocycles. The van der Waals surface area contributed by atoms with E-state index in [1.54, 1.807) is 13.0 Å². The smallest absolute Gasteiger partial charge is 0.295 e. The second kappa shape index (κ2) is 5.25. The number of rotatable bonds is 3. The van der Waals surface area contributed by atoms with Crippen LogP contribution in [0.5, 0.6) is 0 Å². The highest BCUT2D eigenvalue weighted by molar-refractivity contribution is 5.67. The van der Waals surface area contributed by atoms with Gasteiger partial charge in [-0.05, 0) is 19.4 Å². The Hall–Kier alpha value is -1.88. The van der Waals surface area contributed by atoms with Gasteiger partial charge in [0.05, 0.1) is 4.92 Å². The summed E-state index contributed by atoms with van der Waals surface area (Å²) in [6.45, 7) is 5.60. The number of anilines is 1. The van der Waals surface area contributed by atoms with Crippen LogP contribution in [0.25, 0.3) is 0 Å². The lowest BCUT2D eigenvalue weighted by molar-refractivity contribution is -0.384. The highest BCUT2D eigenvalue weighted by Crippen LogP contribution is 2.34. The summed E-state index contributed by atoms with van der Waals surface area (Å²) < 4.78 is 0. The third kappa shape index (κ3) is 2.29. The van der Waals surface area contributed by atoms with Crippen LogP contribution in [-0.2, 0) is 0 Å². The quantitative estimate of drug-likeness (QED) is 0.482. The van der Waals surface area contributed by atoms with E-state index in [4.69, 9.17) is 0 Å². The SMILES string of the molecule is Cc1cccc(N2CCC(N3CC=CC3)C2)c1[N+](=O)[O-]. The third-order valence-electron chi connectivity index (χ3n) is 4.27. The summed E-state index contributed by atoms with van der Waals surface area (Å²) in [6, 6.07) is 6.09. The minimum atomic E-state index is -0.255. The maximum atomic E-state index is 11.3. The number of aryl methyl sites for hydroxylation is 1. The molecule has 0 amide bonds. The molecule has 0 spiro atoms. The molecule has 5 nitrogen and oxygen atoms in total. The highest BCUT2D eigenvalue weighted by Gasteiger charge is 2.31. The molecule has 0 radical (unpaired) electrons. The van der Waals surface area contributed by atoms with E-state index in [-0.39, 0.29) is 10.6 Å². The number of nitro benzene ring substituents is 1. The number of hydrogen-bond donors (Lipinski definition) is 0. The molecule has 0 bridgehead atoms. The topological polar surface area (TPSA) is 49.6 Å². The van der Waals surface area contributed by atoms with Crippen LogP contribution >= 0.6 is 0 Å². The van der Waals surface area contributed by atoms with Gasteiger partial charge in [-0.2, -0.15) is 0 Å². The highest BCUT2D eigenvalue weighted by atomic mass is 16.6. The zero-order valence-electron chi connectivity index (χ0n) is 11.7. The van der Waals surface area contributed by atoms with E-state index < -0.39 is 0 Å². The van der Waals surface area contributed by atoms with Gasteiger partial charge >= 0.3 is 0 Å². The number of benzene rings is 1. The van der Waals surface area contributed by atoms with Gasteiger partial charge in [0.1, 0.15) is 5.69 Å². The predicted molar refractivity (Wildman–Crippen MR) is 79.2 cm³/mol. The van der Waals surface area contributed by atoms with Crippen LogP contribution in [0.15, 0.2) is 30.4 Å². The van der Waals surface area contributed by atoms with E-state index in [0.29, 0.717) is 6.04 Å². The Bertz CT molecular complexity index is 548. The van der Waals surface area contributed by atoms with Crippen LogP contribution in [0.1, 0.15) is 12.0 Å². The van der Waals surface area contributed by atoms with Crippen LogP contribution < -0.4 is 4.90 Å². The summed E-state index contributed by atoms with van der Waals surface area (Å²) >= 11 is 0. The normalized spacial score (nSPS) is 22.6. The Morgan fingerprint density at radius 2 is 2.05 bits per heavy atom. The van der Waals surface area contributed by atoms with Crippen LogP contribution in [0.2, 0.25) is 0 Å². The monoisotopic (exact) mass is 273 g/mol. The van der Waals surface area contributed by atoms with Crippen molar-refractivity contribution in [3.8, 4) is 0 Å². The first-order valence-corrected chi connectivity index (χ1v) is 7.05. The average Bonchev–Trinajstić information content (AvgIpc) is 3.09. The van der Waals surface area contributed by atoms with Gasteiger partial charge in [-0.15, -0.1) is 0 Å². The molecule has 1 unspecified atom stereocenters. The first-order chi connectivity index (χ1) is 9.66. The van der Waals surface area contributed by atoms with Crippen LogP contribution in [-0.4, -0.2) is 42.0 Å². The molecule has 1 fully saturated rings. The van der Waals surface area contributed by atoms with Crippen LogP contribution in [0, 0.1) is 17.0 Å². The summed E-state index contributed by atoms with van der Waals surface area (Å²) in [5, 5.41) is 11.3. The Kier molecular flexibility index (Phi) is 3.44. The predicted octanol–water partition coefficient (Wildman–Crippen LogP) is 2.35. The van der Waals surface area contributed by atoms with E-state index in [9.17, 15) is 10.1 Å². The van der Waals surface area contributed by atoms with Gasteiger partial charge in [-0.3, -0.25) is 15.0 Å². The molecule has 106 valence electrons. The van der Waals surface area contributed by atoms with Crippen molar-refractivity contribution >= 4 is 11.4 Å². The molecule has 1 aromatic rings. The minimum absolute atomic E-state index is 0.255. The van der Waals surface area contributed by atoms with E-state index in [0.717, 1.165) is 43.9 Å². The Morgan fingerprint density at radius 1 is 1.30 bits per heavy atom. The fourth-order valence-corrected chi connectivity index (χ4v) is 3.19. The van der Waals surface area contributed by atoms with Gasteiger partial charge in [0.25, 0.3) is 5.69 Å². The lowest BCUT2D eigenvalue weighted by atomic mass is 10.1. The molecule has 0 N–H and O–H groups in total. The maximum Gasteiger partial charge on any atom is 0.295 e. The standard InChI is InChI=1S/C15H19N3O2/c1-12-5-4-6-14(15(12)18(19)20)17-10-7-13(11-17)16-8-2-3-9-16/h2-6,13H,7-11H2,1H3. The zero-order valence-corrected chi connectivity index (χ0v) is 11.7. The van der Waals surface area contributed by atoms with E-state index >= 15 is 0 Å². The maximum absolute atomic E-state index is 11.3. The molecular formula is C15H19N3O2. The molecular weight excluding hydrogens is 254 g/mol. The second-order valence-corrected chi connectivity index (χ2v) is 5.51. The number of nitrogens with zero attached hydrogens (tertiary/aromatic N) is 3. The third-order valence-corrected chi connectivity index (χ3v) is 4.27. The number of para-hydroxylation sites is 1. The summed E-state index contributed by atoms with van der Waals surface area (Å²) in [4.78, 5) is 15.6. The first kappa shape index (κ1) is 13.1. The van der Waals surface area contributed by atoms with Crippen molar-refractivity contribution in [1.82, 2.24) is 4.90 Å². The van der Waals surface area contributed by atoms with Gasteiger partial charge in [-0.25, -0.2) is 0 Å².